The van der Waals surface area contributed by atoms with Crippen molar-refractivity contribution in [2.75, 3.05) is 20.2 Å². The van der Waals surface area contributed by atoms with Crippen molar-refractivity contribution in [3.05, 3.63) is 39.8 Å². The van der Waals surface area contributed by atoms with Gasteiger partial charge < -0.3 is 14.2 Å². The van der Waals surface area contributed by atoms with Crippen molar-refractivity contribution >= 4 is 11.8 Å². The van der Waals surface area contributed by atoms with E-state index in [0.29, 0.717) is 0 Å². The van der Waals surface area contributed by atoms with Crippen LogP contribution in [0.5, 0.6) is 0 Å². The van der Waals surface area contributed by atoms with Crippen molar-refractivity contribution in [1.82, 2.24) is 15.0 Å². The Morgan fingerprint density at radius 1 is 1.32 bits per heavy atom. The minimum absolute atomic E-state index is 0.187. The number of carbonyl (C=O) groups excluding carboxylic acids is 1. The Kier molecular flexibility index (Phi) is 8.93. The lowest BCUT2D eigenvalue weighted by molar-refractivity contribution is -0.388. The Balaban J connectivity index is 0.000000301. The average molecular weight is 400 g/mol. The molecule has 1 aliphatic rings. The molecule has 154 valence electrons. The molecule has 1 aliphatic heterocycles. The van der Waals surface area contributed by atoms with Gasteiger partial charge in [-0.15, -0.1) is 0 Å². The highest BCUT2D eigenvalue weighted by Crippen LogP contribution is 2.31. The van der Waals surface area contributed by atoms with Crippen molar-refractivity contribution in [3.63, 3.8) is 0 Å². The Labute approximate surface area is 160 Å². The van der Waals surface area contributed by atoms with Crippen molar-refractivity contribution in [2.45, 2.75) is 33.6 Å². The molecule has 0 spiro atoms. The number of nitro benzene ring substituents is 1. The highest BCUT2D eigenvalue weighted by Gasteiger charge is 2.27. The van der Waals surface area contributed by atoms with E-state index in [1.807, 2.05) is 13.8 Å². The van der Waals surface area contributed by atoms with Crippen LogP contribution in [0, 0.1) is 28.7 Å². The van der Waals surface area contributed by atoms with Crippen LogP contribution in [0.3, 0.4) is 0 Å². The van der Waals surface area contributed by atoms with Crippen LogP contribution in [-0.2, 0) is 4.74 Å². The summed E-state index contributed by atoms with van der Waals surface area (Å²) in [4.78, 5) is 25.6. The summed E-state index contributed by atoms with van der Waals surface area (Å²) in [5, 5.41) is 14.0. The fourth-order valence-corrected chi connectivity index (χ4v) is 2.40. The molecule has 2 heterocycles. The molecule has 1 amide bonds. The van der Waals surface area contributed by atoms with Crippen LogP contribution in [0.1, 0.15) is 32.3 Å². The summed E-state index contributed by atoms with van der Waals surface area (Å²) >= 11 is 0. The monoisotopic (exact) mass is 400 g/mol. The molecule has 0 unspecified atom stereocenters. The number of ether oxygens (including phenoxy) is 1. The molecule has 0 saturated carbocycles. The normalized spacial score (nSPS) is 12.4. The van der Waals surface area contributed by atoms with E-state index in [2.05, 4.69) is 19.4 Å². The van der Waals surface area contributed by atoms with Gasteiger partial charge in [-0.1, -0.05) is 19.0 Å². The molecule has 0 aliphatic carbocycles. The van der Waals surface area contributed by atoms with Gasteiger partial charge in [-0.2, -0.15) is 9.37 Å². The van der Waals surface area contributed by atoms with Crippen LogP contribution in [0.15, 0.2) is 17.0 Å². The quantitative estimate of drug-likeness (QED) is 0.551. The molecule has 1 aromatic heterocycles. The number of hydrogen-bond acceptors (Lipinski definition) is 7. The summed E-state index contributed by atoms with van der Waals surface area (Å²) in [6, 6.07) is 0.794. The number of carbonyl (C=O) groups is 1. The number of amides is 1. The van der Waals surface area contributed by atoms with Gasteiger partial charge in [0, 0.05) is 13.1 Å². The molecular formula is C17H22F2N4O5. The van der Waals surface area contributed by atoms with E-state index in [-0.39, 0.29) is 17.5 Å². The predicted molar refractivity (Wildman–Crippen MR) is 95.6 cm³/mol. The topological polar surface area (TPSA) is 112 Å². The third-order valence-corrected chi connectivity index (χ3v) is 3.75. The molecule has 2 aromatic rings. The molecule has 9 nitrogen and oxygen atoms in total. The second-order valence-electron chi connectivity index (χ2n) is 5.37. The highest BCUT2D eigenvalue weighted by molar-refractivity contribution is 5.67. The molecule has 1 fully saturated rings. The molecule has 0 bridgehead atoms. The van der Waals surface area contributed by atoms with Gasteiger partial charge in [-0.3, -0.25) is 10.1 Å². The summed E-state index contributed by atoms with van der Waals surface area (Å²) in [6.07, 6.45) is 2.97. The SMILES string of the molecule is CC.COC(=O)N1CCCC1.Cc1c(F)cc(-c2ncon2)c(F)c1[N+](=O)[O-]. The number of benzene rings is 1. The second-order valence-corrected chi connectivity index (χ2v) is 5.37. The van der Waals surface area contributed by atoms with Gasteiger partial charge in [-0.25, -0.2) is 9.18 Å². The molecule has 3 rings (SSSR count). The molecule has 0 N–H and O–H groups in total. The lowest BCUT2D eigenvalue weighted by Crippen LogP contribution is -2.27. The molecule has 0 radical (unpaired) electrons. The van der Waals surface area contributed by atoms with Gasteiger partial charge in [-0.05, 0) is 25.8 Å². The number of likely N-dealkylation sites (tertiary alicyclic amines) is 1. The summed E-state index contributed by atoms with van der Waals surface area (Å²) in [5.74, 6) is -2.34. The van der Waals surface area contributed by atoms with E-state index in [1.54, 1.807) is 4.90 Å². The maximum Gasteiger partial charge on any atom is 0.409 e. The number of halogens is 2. The summed E-state index contributed by atoms with van der Waals surface area (Å²) in [7, 11) is 1.42. The zero-order chi connectivity index (χ0) is 21.3. The lowest BCUT2D eigenvalue weighted by atomic mass is 10.1. The molecular weight excluding hydrogens is 378 g/mol. The zero-order valence-electron chi connectivity index (χ0n) is 16.1. The van der Waals surface area contributed by atoms with Crippen molar-refractivity contribution < 1.29 is 27.8 Å². The Bertz CT molecular complexity index is 793. The average Bonchev–Trinajstić information content (AvgIpc) is 3.40. The lowest BCUT2D eigenvalue weighted by Gasteiger charge is -2.11. The number of rotatable bonds is 2. The molecule has 0 atom stereocenters. The van der Waals surface area contributed by atoms with Gasteiger partial charge in [0.25, 0.3) is 0 Å². The van der Waals surface area contributed by atoms with Gasteiger partial charge >= 0.3 is 11.8 Å². The summed E-state index contributed by atoms with van der Waals surface area (Å²) in [5.41, 5.74) is -1.71. The third kappa shape index (κ3) is 5.44. The Morgan fingerprint density at radius 2 is 1.93 bits per heavy atom. The molecule has 1 saturated heterocycles. The minimum Gasteiger partial charge on any atom is -0.453 e. The van der Waals surface area contributed by atoms with Crippen molar-refractivity contribution in [3.8, 4) is 11.4 Å². The highest BCUT2D eigenvalue weighted by atomic mass is 19.1. The molecule has 28 heavy (non-hydrogen) atoms. The minimum atomic E-state index is -1.18. The molecule has 1 aromatic carbocycles. The smallest absolute Gasteiger partial charge is 0.409 e. The van der Waals surface area contributed by atoms with Crippen LogP contribution < -0.4 is 0 Å². The second kappa shape index (κ2) is 10.9. The van der Waals surface area contributed by atoms with E-state index in [0.717, 1.165) is 45.3 Å². The first-order valence-electron chi connectivity index (χ1n) is 8.59. The maximum absolute atomic E-state index is 13.8. The van der Waals surface area contributed by atoms with Gasteiger partial charge in [0.15, 0.2) is 0 Å². The van der Waals surface area contributed by atoms with E-state index in [4.69, 9.17) is 0 Å². The van der Waals surface area contributed by atoms with Crippen LogP contribution in [0.2, 0.25) is 0 Å². The van der Waals surface area contributed by atoms with Crippen LogP contribution in [-0.4, -0.2) is 46.3 Å². The summed E-state index contributed by atoms with van der Waals surface area (Å²) in [6.45, 7) is 6.86. The third-order valence-electron chi connectivity index (χ3n) is 3.75. The van der Waals surface area contributed by atoms with E-state index in [9.17, 15) is 23.7 Å². The number of aromatic nitrogens is 2. The van der Waals surface area contributed by atoms with E-state index >= 15 is 0 Å². The van der Waals surface area contributed by atoms with E-state index < -0.39 is 27.8 Å². The number of nitrogens with zero attached hydrogens (tertiary/aromatic N) is 4. The fourth-order valence-electron chi connectivity index (χ4n) is 2.40. The largest absolute Gasteiger partial charge is 0.453 e. The van der Waals surface area contributed by atoms with Crippen LogP contribution in [0.25, 0.3) is 11.4 Å². The van der Waals surface area contributed by atoms with Gasteiger partial charge in [0.2, 0.25) is 18.0 Å². The number of methoxy groups -OCH3 is 1. The Morgan fingerprint density at radius 3 is 2.39 bits per heavy atom. The van der Waals surface area contributed by atoms with E-state index in [1.165, 1.54) is 7.11 Å². The molecule has 11 heteroatoms. The number of nitro groups is 1. The number of hydrogen-bond donors (Lipinski definition) is 0. The summed E-state index contributed by atoms with van der Waals surface area (Å²) < 4.78 is 36.1. The first kappa shape index (κ1) is 22.9. The predicted octanol–water partition coefficient (Wildman–Crippen LogP) is 4.11. The maximum atomic E-state index is 13.8. The van der Waals surface area contributed by atoms with Crippen molar-refractivity contribution in [2.24, 2.45) is 0 Å². The van der Waals surface area contributed by atoms with Crippen molar-refractivity contribution in [1.29, 1.82) is 0 Å². The first-order chi connectivity index (χ1) is 13.4. The Hall–Kier alpha value is -3.11. The first-order valence-corrected chi connectivity index (χ1v) is 8.59. The zero-order valence-corrected chi connectivity index (χ0v) is 16.1. The van der Waals surface area contributed by atoms with Crippen LogP contribution in [0.4, 0.5) is 19.3 Å². The van der Waals surface area contributed by atoms with Crippen LogP contribution >= 0.6 is 0 Å². The van der Waals surface area contributed by atoms with Gasteiger partial charge in [0.05, 0.1) is 23.2 Å². The fraction of sp³-hybridized carbons (Fsp3) is 0.471. The van der Waals surface area contributed by atoms with Gasteiger partial charge in [0.1, 0.15) is 5.82 Å². The standard InChI is InChI=1S/C9H5F2N3O3.C6H11NO2.C2H6/c1-4-6(10)2-5(9-12-3-17-13-9)7(11)8(4)14(15)16;1-9-6(8)7-4-2-3-5-7;1-2/h2-3H,1H3;2-5H2,1H3;1-2H3.